The summed E-state index contributed by atoms with van der Waals surface area (Å²) in [7, 11) is 0. The van der Waals surface area contributed by atoms with Gasteiger partial charge in [0.25, 0.3) is 0 Å². The zero-order chi connectivity index (χ0) is 11.5. The molecule has 13 heavy (non-hydrogen) atoms. The van der Waals surface area contributed by atoms with Crippen LogP contribution in [0.5, 0.6) is 0 Å². The van der Waals surface area contributed by atoms with E-state index in [0.29, 0.717) is 0 Å². The van der Waals surface area contributed by atoms with Crippen LogP contribution in [0.3, 0.4) is 0 Å². The van der Waals surface area contributed by atoms with Crippen molar-refractivity contribution in [2.45, 2.75) is 74.1 Å². The number of rotatable bonds is 1. The predicted octanol–water partition coefficient (Wildman–Crippen LogP) is 5.83. The van der Waals surface area contributed by atoms with Crippen LogP contribution in [-0.2, 0) is 0 Å². The van der Waals surface area contributed by atoms with Crippen molar-refractivity contribution in [1.82, 2.24) is 0 Å². The second-order valence-electron chi connectivity index (χ2n) is 2.82. The zero-order valence-electron chi connectivity index (χ0n) is 11.1. The summed E-state index contributed by atoms with van der Waals surface area (Å²) in [5, 5.41) is 0. The normalized spacial score (nSPS) is 6.08. The van der Waals surface area contributed by atoms with Crippen LogP contribution in [0.25, 0.3) is 0 Å². The van der Waals surface area contributed by atoms with Crippen LogP contribution in [-0.4, -0.2) is 0 Å². The summed E-state index contributed by atoms with van der Waals surface area (Å²) in [6.45, 7) is 18.1. The van der Waals surface area contributed by atoms with Gasteiger partial charge in [0, 0.05) is 0 Å². The number of unbranched alkanes of at least 4 members (excludes halogenated alkanes) is 1. The average molecular weight is 188 g/mol. The first-order valence-electron chi connectivity index (χ1n) is 5.73. The Morgan fingerprint density at radius 3 is 0.846 bits per heavy atom. The van der Waals surface area contributed by atoms with Gasteiger partial charge in [-0.1, -0.05) is 73.3 Å². The lowest BCUT2D eigenvalue weighted by molar-refractivity contribution is 0.886. The van der Waals surface area contributed by atoms with Gasteiger partial charge in [0.2, 0.25) is 0 Å². The molecule has 0 bridgehead atoms. The molecule has 0 aliphatic rings. The van der Waals surface area contributed by atoms with Gasteiger partial charge in [-0.2, -0.15) is 0 Å². The van der Waals surface area contributed by atoms with E-state index in [9.17, 15) is 0 Å². The number of hydrogen-bond acceptors (Lipinski definition) is 0. The first-order valence-corrected chi connectivity index (χ1v) is 5.73. The molecule has 0 saturated heterocycles. The molecule has 0 unspecified atom stereocenters. The predicted molar refractivity (Wildman–Crippen MR) is 68.4 cm³/mol. The smallest absolute Gasteiger partial charge is 0.0473 e. The van der Waals surface area contributed by atoms with Gasteiger partial charge in [0.15, 0.2) is 0 Å². The number of hydrogen-bond donors (Lipinski definition) is 0. The average Bonchev–Trinajstić information content (AvgIpc) is 2.08. The first kappa shape index (κ1) is 23.0. The van der Waals surface area contributed by atoms with Crippen molar-refractivity contribution in [3.8, 4) is 0 Å². The Kier molecular flexibility index (Phi) is 107. The molecule has 0 aliphatic heterocycles. The summed E-state index contributed by atoms with van der Waals surface area (Å²) in [6, 6.07) is 0. The second kappa shape index (κ2) is 60.3. The van der Waals surface area contributed by atoms with Gasteiger partial charge in [0.1, 0.15) is 0 Å². The largest absolute Gasteiger partial charge is 0.103 e. The third kappa shape index (κ3) is 2030. The van der Waals surface area contributed by atoms with E-state index in [1.165, 1.54) is 25.7 Å². The fourth-order valence-electron chi connectivity index (χ4n) is 0. The van der Waals surface area contributed by atoms with Gasteiger partial charge in [-0.15, -0.1) is 6.58 Å². The van der Waals surface area contributed by atoms with E-state index in [4.69, 9.17) is 0 Å². The molecule has 0 aliphatic carbocycles. The molecule has 0 heterocycles. The molecular weight excluding hydrogens is 156 g/mol. The Hall–Kier alpha value is -0.260. The highest BCUT2D eigenvalue weighted by atomic mass is 13.6. The second-order valence-corrected chi connectivity index (χ2v) is 2.82. The van der Waals surface area contributed by atoms with Crippen molar-refractivity contribution in [1.29, 1.82) is 0 Å². The molecular formula is C13H32. The SMILES string of the molecule is C=CC.CCC.CCC.CCCC. The molecule has 0 amide bonds. The van der Waals surface area contributed by atoms with Crippen LogP contribution in [0, 0.1) is 0 Å². The van der Waals surface area contributed by atoms with Gasteiger partial charge >= 0.3 is 0 Å². The molecule has 0 aromatic rings. The van der Waals surface area contributed by atoms with Crippen LogP contribution in [0.2, 0.25) is 0 Å². The molecule has 0 saturated carbocycles. The minimum Gasteiger partial charge on any atom is -0.103 e. The highest BCUT2D eigenvalue weighted by molar-refractivity contribution is 4.51. The van der Waals surface area contributed by atoms with E-state index in [2.05, 4.69) is 48.1 Å². The third-order valence-electron chi connectivity index (χ3n) is 0.500. The van der Waals surface area contributed by atoms with Crippen LogP contribution in [0.4, 0.5) is 0 Å². The summed E-state index contributed by atoms with van der Waals surface area (Å²) in [5.74, 6) is 0. The standard InChI is InChI=1S/C4H10.2C3H8.C3H6/c1-3-4-2;3*1-3-2/h3-4H2,1-2H3;2*3H2,1-2H3;3H,1H2,2H3. The Bertz CT molecular complexity index is 33.3. The Morgan fingerprint density at radius 1 is 0.769 bits per heavy atom. The quantitative estimate of drug-likeness (QED) is 0.454. The van der Waals surface area contributed by atoms with Crippen molar-refractivity contribution in [2.24, 2.45) is 0 Å². The van der Waals surface area contributed by atoms with Crippen LogP contribution in [0.1, 0.15) is 74.1 Å². The maximum atomic E-state index is 3.36. The molecule has 84 valence electrons. The maximum Gasteiger partial charge on any atom is -0.0473 e. The van der Waals surface area contributed by atoms with Gasteiger partial charge in [-0.3, -0.25) is 0 Å². The molecule has 0 aromatic carbocycles. The third-order valence-corrected chi connectivity index (χ3v) is 0.500. The lowest BCUT2D eigenvalue weighted by Gasteiger charge is -1.68. The molecule has 0 aromatic heterocycles. The lowest BCUT2D eigenvalue weighted by Crippen LogP contribution is -1.47. The summed E-state index contributed by atoms with van der Waals surface area (Å²) in [4.78, 5) is 0. The Balaban J connectivity index is -0.0000000420. The first-order chi connectivity index (χ1) is 6.16. The summed E-state index contributed by atoms with van der Waals surface area (Å²) in [5.41, 5.74) is 0. The Morgan fingerprint density at radius 2 is 0.846 bits per heavy atom. The summed E-state index contributed by atoms with van der Waals surface area (Å²) in [6.07, 6.45) is 6.89. The molecule has 0 spiro atoms. The fraction of sp³-hybridized carbons (Fsp3) is 0.846. The highest BCUT2D eigenvalue weighted by Crippen LogP contribution is 1.76. The molecule has 0 radical (unpaired) electrons. The van der Waals surface area contributed by atoms with Crippen molar-refractivity contribution in [3.05, 3.63) is 12.7 Å². The molecule has 0 atom stereocenters. The van der Waals surface area contributed by atoms with Crippen molar-refractivity contribution in [2.75, 3.05) is 0 Å². The lowest BCUT2D eigenvalue weighted by atomic mass is 10.4. The van der Waals surface area contributed by atoms with Gasteiger partial charge < -0.3 is 0 Å². The minimum absolute atomic E-state index is 1.25. The van der Waals surface area contributed by atoms with E-state index in [-0.39, 0.29) is 0 Å². The van der Waals surface area contributed by atoms with Crippen LogP contribution < -0.4 is 0 Å². The highest BCUT2D eigenvalue weighted by Gasteiger charge is 1.56. The zero-order valence-corrected chi connectivity index (χ0v) is 11.1. The minimum atomic E-state index is 1.25. The summed E-state index contributed by atoms with van der Waals surface area (Å²) >= 11 is 0. The van der Waals surface area contributed by atoms with Crippen molar-refractivity contribution < 1.29 is 0 Å². The van der Waals surface area contributed by atoms with E-state index in [1.54, 1.807) is 6.08 Å². The molecule has 0 N–H and O–H groups in total. The van der Waals surface area contributed by atoms with Crippen molar-refractivity contribution >= 4 is 0 Å². The van der Waals surface area contributed by atoms with Crippen molar-refractivity contribution in [3.63, 3.8) is 0 Å². The van der Waals surface area contributed by atoms with E-state index < -0.39 is 0 Å². The van der Waals surface area contributed by atoms with Gasteiger partial charge in [-0.25, -0.2) is 0 Å². The van der Waals surface area contributed by atoms with Crippen LogP contribution in [0.15, 0.2) is 12.7 Å². The van der Waals surface area contributed by atoms with Gasteiger partial charge in [-0.05, 0) is 6.92 Å². The summed E-state index contributed by atoms with van der Waals surface area (Å²) < 4.78 is 0. The van der Waals surface area contributed by atoms with Crippen LogP contribution >= 0.6 is 0 Å². The Labute approximate surface area is 87.4 Å². The maximum absolute atomic E-state index is 3.36. The number of allylic oxidation sites excluding steroid dienone is 1. The van der Waals surface area contributed by atoms with E-state index >= 15 is 0 Å². The molecule has 0 fully saturated rings. The van der Waals surface area contributed by atoms with E-state index in [0.717, 1.165) is 0 Å². The van der Waals surface area contributed by atoms with E-state index in [1.807, 2.05) is 6.92 Å². The monoisotopic (exact) mass is 188 g/mol. The fourth-order valence-corrected chi connectivity index (χ4v) is 0. The molecule has 0 heteroatoms. The molecule has 0 rings (SSSR count). The topological polar surface area (TPSA) is 0 Å². The van der Waals surface area contributed by atoms with Gasteiger partial charge in [0.05, 0.1) is 0 Å². The molecule has 0 nitrogen and oxygen atoms in total.